The molecule has 0 aliphatic carbocycles. The first-order valence-electron chi connectivity index (χ1n) is 5.49. The third-order valence-corrected chi connectivity index (χ3v) is 2.72. The first-order chi connectivity index (χ1) is 8.08. The quantitative estimate of drug-likeness (QED) is 0.792. The van der Waals surface area contributed by atoms with Crippen LogP contribution in [0.3, 0.4) is 0 Å². The van der Waals surface area contributed by atoms with Crippen LogP contribution in [-0.4, -0.2) is 33.0 Å². The molecule has 0 fully saturated rings. The molecule has 1 N–H and O–H groups in total. The molecule has 1 aromatic carbocycles. The minimum atomic E-state index is -0.412. The van der Waals surface area contributed by atoms with Crippen LogP contribution in [-0.2, 0) is 9.47 Å². The van der Waals surface area contributed by atoms with E-state index in [1.807, 2.05) is 32.0 Å². The molecule has 0 unspecified atom stereocenters. The predicted octanol–water partition coefficient (Wildman–Crippen LogP) is 1.65. The molecule has 1 rings (SSSR count). The van der Waals surface area contributed by atoms with Gasteiger partial charge in [0.2, 0.25) is 0 Å². The van der Waals surface area contributed by atoms with Crippen LogP contribution >= 0.6 is 0 Å². The smallest absolute Gasteiger partial charge is 0.251 e. The highest BCUT2D eigenvalue weighted by molar-refractivity contribution is 5.94. The van der Waals surface area contributed by atoms with Crippen LogP contribution in [0.25, 0.3) is 0 Å². The summed E-state index contributed by atoms with van der Waals surface area (Å²) in [6.07, 6.45) is -0.412. The third kappa shape index (κ3) is 3.84. The summed E-state index contributed by atoms with van der Waals surface area (Å²) in [7, 11) is 3.08. The second kappa shape index (κ2) is 6.37. The van der Waals surface area contributed by atoms with Crippen molar-refractivity contribution in [3.63, 3.8) is 0 Å². The highest BCUT2D eigenvalue weighted by Gasteiger charge is 2.10. The fourth-order valence-electron chi connectivity index (χ4n) is 1.42. The molecule has 0 bridgehead atoms. The van der Waals surface area contributed by atoms with Crippen molar-refractivity contribution in [3.05, 3.63) is 34.9 Å². The van der Waals surface area contributed by atoms with Crippen LogP contribution in [0.2, 0.25) is 0 Å². The van der Waals surface area contributed by atoms with E-state index in [4.69, 9.17) is 9.47 Å². The van der Waals surface area contributed by atoms with E-state index in [9.17, 15) is 4.79 Å². The van der Waals surface area contributed by atoms with Crippen molar-refractivity contribution >= 4 is 5.91 Å². The summed E-state index contributed by atoms with van der Waals surface area (Å²) in [5.74, 6) is -0.118. The minimum Gasteiger partial charge on any atom is -0.354 e. The van der Waals surface area contributed by atoms with E-state index in [-0.39, 0.29) is 5.91 Å². The molecule has 0 saturated heterocycles. The molecule has 0 spiro atoms. The van der Waals surface area contributed by atoms with E-state index in [0.29, 0.717) is 12.1 Å². The predicted molar refractivity (Wildman–Crippen MR) is 66.1 cm³/mol. The lowest BCUT2D eigenvalue weighted by Gasteiger charge is -2.14. The largest absolute Gasteiger partial charge is 0.354 e. The van der Waals surface area contributed by atoms with E-state index in [1.54, 1.807) is 0 Å². The van der Waals surface area contributed by atoms with Gasteiger partial charge in [-0.05, 0) is 37.1 Å². The van der Waals surface area contributed by atoms with Gasteiger partial charge in [0.15, 0.2) is 6.29 Å². The average Bonchev–Trinajstić information content (AvgIpc) is 2.33. The van der Waals surface area contributed by atoms with Gasteiger partial charge in [0.25, 0.3) is 5.91 Å². The Labute approximate surface area is 102 Å². The van der Waals surface area contributed by atoms with Crippen LogP contribution < -0.4 is 5.32 Å². The molecule has 0 radical (unpaired) electrons. The van der Waals surface area contributed by atoms with Crippen LogP contribution in [0.1, 0.15) is 21.5 Å². The maximum absolute atomic E-state index is 11.8. The third-order valence-electron chi connectivity index (χ3n) is 2.72. The Hall–Kier alpha value is -1.39. The SMILES string of the molecule is COC(CNC(=O)c1ccc(C)c(C)c1)OC. The second-order valence-electron chi connectivity index (χ2n) is 3.91. The van der Waals surface area contributed by atoms with Gasteiger partial charge in [-0.2, -0.15) is 0 Å². The van der Waals surface area contributed by atoms with Gasteiger partial charge in [0, 0.05) is 19.8 Å². The molecule has 0 aliphatic rings. The van der Waals surface area contributed by atoms with Crippen LogP contribution in [0.15, 0.2) is 18.2 Å². The Balaban J connectivity index is 2.61. The van der Waals surface area contributed by atoms with Crippen LogP contribution in [0.5, 0.6) is 0 Å². The van der Waals surface area contributed by atoms with Crippen molar-refractivity contribution in [2.24, 2.45) is 0 Å². The van der Waals surface area contributed by atoms with Crippen molar-refractivity contribution in [2.75, 3.05) is 20.8 Å². The van der Waals surface area contributed by atoms with Gasteiger partial charge in [0.1, 0.15) is 0 Å². The fraction of sp³-hybridized carbons (Fsp3) is 0.462. The number of ether oxygens (including phenoxy) is 2. The van der Waals surface area contributed by atoms with E-state index >= 15 is 0 Å². The number of carbonyl (C=O) groups is 1. The van der Waals surface area contributed by atoms with Gasteiger partial charge in [0.05, 0.1) is 6.54 Å². The van der Waals surface area contributed by atoms with E-state index < -0.39 is 6.29 Å². The lowest BCUT2D eigenvalue weighted by molar-refractivity contribution is -0.0974. The van der Waals surface area contributed by atoms with Gasteiger partial charge in [-0.3, -0.25) is 4.79 Å². The summed E-state index contributed by atoms with van der Waals surface area (Å²) >= 11 is 0. The summed E-state index contributed by atoms with van der Waals surface area (Å²) in [5.41, 5.74) is 2.93. The van der Waals surface area contributed by atoms with Crippen molar-refractivity contribution in [2.45, 2.75) is 20.1 Å². The summed E-state index contributed by atoms with van der Waals surface area (Å²) in [6.45, 7) is 4.33. The lowest BCUT2D eigenvalue weighted by Crippen LogP contribution is -2.34. The molecule has 4 heteroatoms. The fourth-order valence-corrected chi connectivity index (χ4v) is 1.42. The Bertz CT molecular complexity index is 386. The zero-order valence-corrected chi connectivity index (χ0v) is 10.7. The minimum absolute atomic E-state index is 0.118. The molecule has 0 aromatic heterocycles. The number of carbonyl (C=O) groups excluding carboxylic acids is 1. The zero-order valence-electron chi connectivity index (χ0n) is 10.7. The number of rotatable bonds is 5. The molecular formula is C13H19NO3. The first-order valence-corrected chi connectivity index (χ1v) is 5.49. The average molecular weight is 237 g/mol. The number of benzene rings is 1. The highest BCUT2D eigenvalue weighted by Crippen LogP contribution is 2.09. The maximum atomic E-state index is 11.8. The number of amides is 1. The Kier molecular flexibility index (Phi) is 5.12. The van der Waals surface area contributed by atoms with Crippen molar-refractivity contribution < 1.29 is 14.3 Å². The standard InChI is InChI=1S/C13H19NO3/c1-9-5-6-11(7-10(9)2)13(15)14-8-12(16-3)17-4/h5-7,12H,8H2,1-4H3,(H,14,15). The number of hydrogen-bond acceptors (Lipinski definition) is 3. The lowest BCUT2D eigenvalue weighted by atomic mass is 10.1. The normalized spacial score (nSPS) is 10.6. The summed E-state index contributed by atoms with van der Waals surface area (Å²) in [4.78, 5) is 11.8. The molecule has 94 valence electrons. The van der Waals surface area contributed by atoms with Crippen molar-refractivity contribution in [1.82, 2.24) is 5.32 Å². The molecule has 0 atom stereocenters. The molecule has 0 heterocycles. The Morgan fingerprint density at radius 1 is 1.24 bits per heavy atom. The summed E-state index contributed by atoms with van der Waals surface area (Å²) < 4.78 is 9.98. The molecule has 0 saturated carbocycles. The van der Waals surface area contributed by atoms with Crippen LogP contribution in [0, 0.1) is 13.8 Å². The Morgan fingerprint density at radius 3 is 2.41 bits per heavy atom. The van der Waals surface area contributed by atoms with Crippen LogP contribution in [0.4, 0.5) is 0 Å². The molecular weight excluding hydrogens is 218 g/mol. The first kappa shape index (κ1) is 13.7. The molecule has 4 nitrogen and oxygen atoms in total. The van der Waals surface area contributed by atoms with E-state index in [2.05, 4.69) is 5.32 Å². The number of nitrogens with one attached hydrogen (secondary N) is 1. The number of hydrogen-bond donors (Lipinski definition) is 1. The van der Waals surface area contributed by atoms with Gasteiger partial charge in [-0.25, -0.2) is 0 Å². The number of aryl methyl sites for hydroxylation is 2. The van der Waals surface area contributed by atoms with Gasteiger partial charge >= 0.3 is 0 Å². The van der Waals surface area contributed by atoms with Gasteiger partial charge < -0.3 is 14.8 Å². The maximum Gasteiger partial charge on any atom is 0.251 e. The topological polar surface area (TPSA) is 47.6 Å². The second-order valence-corrected chi connectivity index (χ2v) is 3.91. The van der Waals surface area contributed by atoms with Gasteiger partial charge in [-0.1, -0.05) is 6.07 Å². The molecule has 0 aliphatic heterocycles. The molecule has 17 heavy (non-hydrogen) atoms. The van der Waals surface area contributed by atoms with Crippen molar-refractivity contribution in [1.29, 1.82) is 0 Å². The van der Waals surface area contributed by atoms with E-state index in [0.717, 1.165) is 5.56 Å². The van der Waals surface area contributed by atoms with Crippen molar-refractivity contribution in [3.8, 4) is 0 Å². The number of methoxy groups -OCH3 is 2. The zero-order chi connectivity index (χ0) is 12.8. The molecule has 1 aromatic rings. The Morgan fingerprint density at radius 2 is 1.88 bits per heavy atom. The summed E-state index contributed by atoms with van der Waals surface area (Å²) in [5, 5.41) is 2.76. The monoisotopic (exact) mass is 237 g/mol. The molecule has 1 amide bonds. The van der Waals surface area contributed by atoms with Gasteiger partial charge in [-0.15, -0.1) is 0 Å². The summed E-state index contributed by atoms with van der Waals surface area (Å²) in [6, 6.07) is 5.62. The van der Waals surface area contributed by atoms with E-state index in [1.165, 1.54) is 19.8 Å². The highest BCUT2D eigenvalue weighted by atomic mass is 16.7.